The monoisotopic (exact) mass is 241 g/mol. The van der Waals surface area contributed by atoms with Crippen molar-refractivity contribution in [2.24, 2.45) is 0 Å². The van der Waals surface area contributed by atoms with Gasteiger partial charge < -0.3 is 5.32 Å². The minimum atomic E-state index is -1.63. The van der Waals surface area contributed by atoms with Crippen LogP contribution in [0.25, 0.3) is 0 Å². The molecule has 1 aliphatic rings. The number of hydrogen-bond acceptors (Lipinski definition) is 1. The van der Waals surface area contributed by atoms with Gasteiger partial charge in [-0.3, -0.25) is 9.18 Å². The molecule has 4 radical (unpaired) electrons. The van der Waals surface area contributed by atoms with E-state index in [4.69, 9.17) is 15.7 Å². The van der Waals surface area contributed by atoms with Gasteiger partial charge in [0, 0.05) is 11.9 Å². The topological polar surface area (TPSA) is 29.1 Å². The van der Waals surface area contributed by atoms with Crippen molar-refractivity contribution in [3.63, 3.8) is 0 Å². The molecule has 90 valence electrons. The molecule has 1 atom stereocenters. The first kappa shape index (κ1) is 13.2. The molecule has 2 nitrogen and oxygen atoms in total. The summed E-state index contributed by atoms with van der Waals surface area (Å²) >= 11 is 0. The number of amides is 1. The van der Waals surface area contributed by atoms with Gasteiger partial charge in [0.05, 0.1) is 13.4 Å². The smallest absolute Gasteiger partial charge is 0.218 e. The van der Waals surface area contributed by atoms with Gasteiger partial charge in [0.1, 0.15) is 7.85 Å². The fourth-order valence-electron chi connectivity index (χ4n) is 2.23. The summed E-state index contributed by atoms with van der Waals surface area (Å²) in [6, 6.07) is 7.25. The summed E-state index contributed by atoms with van der Waals surface area (Å²) in [5.41, 5.74) is 0.117. The van der Waals surface area contributed by atoms with Crippen LogP contribution in [0.1, 0.15) is 29.8 Å². The maximum atomic E-state index is 13.1. The highest BCUT2D eigenvalue weighted by Crippen LogP contribution is 2.33. The Hall–Kier alpha value is -1.25. The number of benzene rings is 1. The molecule has 0 heterocycles. The number of alkyl halides is 1. The molecule has 0 bridgehead atoms. The first-order chi connectivity index (χ1) is 8.39. The Morgan fingerprint density at radius 3 is 2.67 bits per heavy atom. The van der Waals surface area contributed by atoms with Gasteiger partial charge in [0.2, 0.25) is 5.91 Å². The third-order valence-corrected chi connectivity index (χ3v) is 3.32. The highest BCUT2D eigenvalue weighted by molar-refractivity contribution is 6.24. The Kier molecular flexibility index (Phi) is 3.51. The lowest BCUT2D eigenvalue weighted by molar-refractivity contribution is -0.122. The first-order valence-corrected chi connectivity index (χ1v) is 5.98. The second-order valence-corrected chi connectivity index (χ2v) is 4.98. The van der Waals surface area contributed by atoms with Gasteiger partial charge in [-0.15, -0.1) is 0 Å². The van der Waals surface area contributed by atoms with E-state index in [0.717, 1.165) is 11.1 Å². The van der Waals surface area contributed by atoms with Crippen LogP contribution in [0.4, 0.5) is 4.39 Å². The van der Waals surface area contributed by atoms with Crippen molar-refractivity contribution in [3.8, 4) is 0 Å². The van der Waals surface area contributed by atoms with Crippen LogP contribution >= 0.6 is 0 Å². The molecule has 18 heavy (non-hydrogen) atoms. The van der Waals surface area contributed by atoms with Crippen LogP contribution in [0.2, 0.25) is 0 Å². The maximum Gasteiger partial charge on any atom is 0.218 e. The zero-order valence-electron chi connectivity index (χ0n) is 10.3. The molecule has 1 aromatic carbocycles. The van der Waals surface area contributed by atoms with Crippen LogP contribution < -0.4 is 5.32 Å². The number of halogens is 1. The van der Waals surface area contributed by atoms with E-state index in [9.17, 15) is 9.18 Å². The van der Waals surface area contributed by atoms with Crippen molar-refractivity contribution in [1.29, 1.82) is 0 Å². The van der Waals surface area contributed by atoms with E-state index < -0.39 is 11.4 Å². The number of carbonyl (C=O) groups is 1. The summed E-state index contributed by atoms with van der Waals surface area (Å²) < 4.78 is 13.1. The van der Waals surface area contributed by atoms with Crippen molar-refractivity contribution in [1.82, 2.24) is 5.32 Å². The van der Waals surface area contributed by atoms with Crippen LogP contribution in [0.15, 0.2) is 24.3 Å². The zero-order chi connectivity index (χ0) is 13.3. The number of carbonyl (C=O) groups excluding carboxylic acids is 1. The van der Waals surface area contributed by atoms with Gasteiger partial charge in [-0.2, -0.15) is 0 Å². The van der Waals surface area contributed by atoms with E-state index in [1.54, 1.807) is 0 Å². The number of aryl methyl sites for hydroxylation is 1. The third kappa shape index (κ3) is 2.77. The van der Waals surface area contributed by atoms with E-state index in [1.165, 1.54) is 0 Å². The molecule has 1 fully saturated rings. The molecule has 0 aliphatic heterocycles. The van der Waals surface area contributed by atoms with Gasteiger partial charge in [-0.1, -0.05) is 24.3 Å². The lowest BCUT2D eigenvalue weighted by atomic mass is 9.64. The second-order valence-electron chi connectivity index (χ2n) is 4.98. The van der Waals surface area contributed by atoms with Gasteiger partial charge in [0.15, 0.2) is 0 Å². The molecular weight excluding hydrogens is 227 g/mol. The Balaban J connectivity index is 1.96. The van der Waals surface area contributed by atoms with E-state index in [0.29, 0.717) is 0 Å². The molecule has 1 saturated carbocycles. The Morgan fingerprint density at radius 1 is 1.50 bits per heavy atom. The summed E-state index contributed by atoms with van der Waals surface area (Å²) in [6.07, 6.45) is 0.304. The van der Waals surface area contributed by atoms with Crippen molar-refractivity contribution in [2.75, 3.05) is 0 Å². The van der Waals surface area contributed by atoms with Crippen molar-refractivity contribution >= 4 is 21.6 Å². The Bertz CT molecular complexity index is 456. The van der Waals surface area contributed by atoms with Crippen molar-refractivity contribution in [2.45, 2.75) is 37.2 Å². The molecule has 0 saturated heterocycles. The van der Waals surface area contributed by atoms with Gasteiger partial charge in [-0.25, -0.2) is 0 Å². The lowest BCUT2D eigenvalue weighted by Crippen LogP contribution is -2.54. The molecule has 1 amide bonds. The minimum absolute atomic E-state index is 0.152. The van der Waals surface area contributed by atoms with Gasteiger partial charge in [0.25, 0.3) is 0 Å². The average Bonchev–Trinajstić information content (AvgIpc) is 2.26. The van der Waals surface area contributed by atoms with Crippen molar-refractivity contribution in [3.05, 3.63) is 35.4 Å². The molecule has 1 N–H and O–H groups in total. The Morgan fingerprint density at radius 2 is 2.11 bits per heavy atom. The normalized spacial score (nSPS) is 28.2. The molecular formula is C13H14B2FNO. The maximum absolute atomic E-state index is 13.1. The second kappa shape index (κ2) is 4.79. The fourth-order valence-corrected chi connectivity index (χ4v) is 2.23. The number of hydrogen-bond donors (Lipinski definition) is 1. The average molecular weight is 241 g/mol. The predicted octanol–water partition coefficient (Wildman–Crippen LogP) is 1.32. The van der Waals surface area contributed by atoms with Crippen LogP contribution in [-0.2, 0) is 4.79 Å². The number of rotatable bonds is 3. The standard InChI is InChI=1S/C13H14B2FNO/c1-8-4-2-3-5-10(8)11(14)12(18)17-9-6-13(15,16)7-9/h2-5,9,11H,6-7H2,1H3,(H,17,18). The van der Waals surface area contributed by atoms with Crippen molar-refractivity contribution < 1.29 is 9.18 Å². The summed E-state index contributed by atoms with van der Waals surface area (Å²) in [6.45, 7) is 1.90. The van der Waals surface area contributed by atoms with E-state index in [1.807, 2.05) is 31.2 Å². The molecule has 0 spiro atoms. The highest BCUT2D eigenvalue weighted by atomic mass is 19.1. The van der Waals surface area contributed by atoms with Gasteiger partial charge >= 0.3 is 0 Å². The fraction of sp³-hybridized carbons (Fsp3) is 0.462. The first-order valence-electron chi connectivity index (χ1n) is 5.98. The largest absolute Gasteiger partial charge is 0.353 e. The highest BCUT2D eigenvalue weighted by Gasteiger charge is 2.40. The minimum Gasteiger partial charge on any atom is -0.353 e. The molecule has 1 aliphatic carbocycles. The molecule has 2 rings (SSSR count). The SMILES string of the molecule is [B]C(C(=O)NC1CC([B])(F)C1)c1ccccc1C. The molecule has 0 aromatic heterocycles. The molecule has 5 heteroatoms. The van der Waals surface area contributed by atoms with Crippen LogP contribution in [0.5, 0.6) is 0 Å². The summed E-state index contributed by atoms with van der Waals surface area (Å²) in [7, 11) is 11.1. The van der Waals surface area contributed by atoms with Crippen LogP contribution in [0, 0.1) is 6.92 Å². The van der Waals surface area contributed by atoms with Crippen LogP contribution in [0.3, 0.4) is 0 Å². The lowest BCUT2D eigenvalue weighted by Gasteiger charge is -2.40. The number of nitrogens with one attached hydrogen (secondary N) is 1. The van der Waals surface area contributed by atoms with Gasteiger partial charge in [-0.05, 0) is 30.9 Å². The van der Waals surface area contributed by atoms with Crippen LogP contribution in [-0.4, -0.2) is 33.2 Å². The Labute approximate surface area is 109 Å². The van der Waals surface area contributed by atoms with E-state index >= 15 is 0 Å². The summed E-state index contributed by atoms with van der Waals surface area (Å²) in [5, 5.41) is 2.71. The molecule has 1 unspecified atom stereocenters. The predicted molar refractivity (Wildman–Crippen MR) is 70.4 cm³/mol. The quantitative estimate of drug-likeness (QED) is 0.794. The summed E-state index contributed by atoms with van der Waals surface area (Å²) in [4.78, 5) is 11.9. The van der Waals surface area contributed by atoms with E-state index in [2.05, 4.69) is 5.32 Å². The van der Waals surface area contributed by atoms with E-state index in [-0.39, 0.29) is 24.8 Å². The summed E-state index contributed by atoms with van der Waals surface area (Å²) in [5.74, 6) is -1.01. The molecule has 1 aromatic rings. The third-order valence-electron chi connectivity index (χ3n) is 3.32. The zero-order valence-corrected chi connectivity index (χ0v) is 10.3.